The number of rotatable bonds is 13. The van der Waals surface area contributed by atoms with Crippen LogP contribution in [0.3, 0.4) is 0 Å². The number of aryl methyl sites for hydroxylation is 3. The van der Waals surface area contributed by atoms with Gasteiger partial charge >= 0.3 is 0 Å². The van der Waals surface area contributed by atoms with Crippen LogP contribution in [0.1, 0.15) is 104 Å². The van der Waals surface area contributed by atoms with Gasteiger partial charge in [0, 0.05) is 6.54 Å². The van der Waals surface area contributed by atoms with E-state index in [0.717, 1.165) is 19.3 Å². The first-order valence-corrected chi connectivity index (χ1v) is 16.3. The molecule has 0 saturated carbocycles. The Morgan fingerprint density at radius 1 is 0.750 bits per heavy atom. The normalized spacial score (nSPS) is 15.3. The Morgan fingerprint density at radius 2 is 1.52 bits per heavy atom. The fraction of sp³-hybridized carbons (Fsp3) is 0.487. The molecule has 0 aromatic heterocycles. The number of piperidine rings is 1. The van der Waals surface area contributed by atoms with Gasteiger partial charge in [-0.2, -0.15) is 0 Å². The highest BCUT2D eigenvalue weighted by atomic mass is 15.1. The van der Waals surface area contributed by atoms with Crippen molar-refractivity contribution in [3.63, 3.8) is 0 Å². The zero-order valence-corrected chi connectivity index (χ0v) is 25.4. The summed E-state index contributed by atoms with van der Waals surface area (Å²) in [5, 5.41) is 0. The minimum Gasteiger partial charge on any atom is -0.299 e. The van der Waals surface area contributed by atoms with Crippen LogP contribution in [0, 0.1) is 6.92 Å². The van der Waals surface area contributed by atoms with E-state index in [2.05, 4.69) is 79.9 Å². The van der Waals surface area contributed by atoms with E-state index in [1.807, 2.05) is 0 Å². The van der Waals surface area contributed by atoms with E-state index < -0.39 is 0 Å². The molecule has 1 nitrogen and oxygen atoms in total. The van der Waals surface area contributed by atoms with Crippen molar-refractivity contribution in [1.29, 1.82) is 0 Å². The molecule has 0 unspecified atom stereocenters. The Kier molecular flexibility index (Phi) is 10.3. The van der Waals surface area contributed by atoms with Crippen molar-refractivity contribution in [2.75, 3.05) is 13.1 Å². The van der Waals surface area contributed by atoms with Crippen LogP contribution in [-0.4, -0.2) is 18.0 Å². The second kappa shape index (κ2) is 14.3. The molecule has 1 heterocycles. The number of hydrogen-bond donors (Lipinski definition) is 0. The average molecular weight is 534 g/mol. The van der Waals surface area contributed by atoms with Crippen LogP contribution in [0.4, 0.5) is 0 Å². The van der Waals surface area contributed by atoms with Gasteiger partial charge in [-0.15, -0.1) is 0 Å². The summed E-state index contributed by atoms with van der Waals surface area (Å²) in [5.41, 5.74) is 15.6. The summed E-state index contributed by atoms with van der Waals surface area (Å²) in [6, 6.07) is 20.5. The summed E-state index contributed by atoms with van der Waals surface area (Å²) in [6.07, 6.45) is 17.8. The first-order chi connectivity index (χ1) is 19.6. The SMILES string of the molecule is C=C(CC)CCCCCc1cc(CCc2cccc(-c3ccccc3)c2C)c2c(c1CN1CCCCC1)CCC2. The quantitative estimate of drug-likeness (QED) is 0.156. The van der Waals surface area contributed by atoms with Gasteiger partial charge in [0.05, 0.1) is 0 Å². The Bertz CT molecular complexity index is 1260. The highest BCUT2D eigenvalue weighted by Gasteiger charge is 2.24. The maximum Gasteiger partial charge on any atom is 0.0239 e. The highest BCUT2D eigenvalue weighted by Crippen LogP contribution is 2.35. The molecule has 0 atom stereocenters. The summed E-state index contributed by atoms with van der Waals surface area (Å²) in [6.45, 7) is 12.5. The predicted molar refractivity (Wildman–Crippen MR) is 173 cm³/mol. The van der Waals surface area contributed by atoms with Gasteiger partial charge in [-0.1, -0.05) is 86.5 Å². The van der Waals surface area contributed by atoms with Crippen molar-refractivity contribution in [2.24, 2.45) is 0 Å². The number of unbranched alkanes of at least 4 members (excludes halogenated alkanes) is 2. The third-order valence-electron chi connectivity index (χ3n) is 9.71. The Morgan fingerprint density at radius 3 is 2.33 bits per heavy atom. The number of benzene rings is 3. The Labute approximate surface area is 244 Å². The third-order valence-corrected chi connectivity index (χ3v) is 9.71. The van der Waals surface area contributed by atoms with Crippen LogP contribution >= 0.6 is 0 Å². The molecule has 1 saturated heterocycles. The smallest absolute Gasteiger partial charge is 0.0239 e. The highest BCUT2D eigenvalue weighted by molar-refractivity contribution is 5.68. The summed E-state index contributed by atoms with van der Waals surface area (Å²) < 4.78 is 0. The van der Waals surface area contributed by atoms with Crippen molar-refractivity contribution in [3.8, 4) is 11.1 Å². The number of likely N-dealkylation sites (tertiary alicyclic amines) is 1. The van der Waals surface area contributed by atoms with Crippen LogP contribution in [0.5, 0.6) is 0 Å². The van der Waals surface area contributed by atoms with Gasteiger partial charge in [0.1, 0.15) is 0 Å². The van der Waals surface area contributed by atoms with Crippen LogP contribution in [0.25, 0.3) is 11.1 Å². The van der Waals surface area contributed by atoms with Gasteiger partial charge in [-0.25, -0.2) is 0 Å². The zero-order valence-electron chi connectivity index (χ0n) is 25.4. The van der Waals surface area contributed by atoms with Crippen LogP contribution in [-0.2, 0) is 38.6 Å². The van der Waals surface area contributed by atoms with Crippen molar-refractivity contribution in [3.05, 3.63) is 106 Å². The molecule has 0 N–H and O–H groups in total. The van der Waals surface area contributed by atoms with Crippen molar-refractivity contribution in [1.82, 2.24) is 4.90 Å². The zero-order chi connectivity index (χ0) is 27.7. The molecule has 0 radical (unpaired) electrons. The molecule has 3 aromatic carbocycles. The fourth-order valence-electron chi connectivity index (χ4n) is 7.19. The van der Waals surface area contributed by atoms with Gasteiger partial charge < -0.3 is 0 Å². The maximum atomic E-state index is 4.23. The van der Waals surface area contributed by atoms with Gasteiger partial charge in [0.2, 0.25) is 0 Å². The van der Waals surface area contributed by atoms with E-state index >= 15 is 0 Å². The van der Waals surface area contributed by atoms with E-state index in [9.17, 15) is 0 Å². The summed E-state index contributed by atoms with van der Waals surface area (Å²) >= 11 is 0. The molecular formula is C39H51N. The molecule has 1 aliphatic carbocycles. The van der Waals surface area contributed by atoms with Crippen molar-refractivity contribution in [2.45, 2.75) is 110 Å². The molecule has 0 spiro atoms. The number of fused-ring (bicyclic) bond motifs is 1. The van der Waals surface area contributed by atoms with Gasteiger partial charge in [0.15, 0.2) is 0 Å². The number of nitrogens with zero attached hydrogens (tertiary/aromatic N) is 1. The molecule has 1 heteroatoms. The lowest BCUT2D eigenvalue weighted by molar-refractivity contribution is 0.220. The van der Waals surface area contributed by atoms with Crippen molar-refractivity contribution >= 4 is 0 Å². The molecule has 1 aliphatic heterocycles. The molecule has 0 amide bonds. The molecule has 212 valence electrons. The molecule has 5 rings (SSSR count). The maximum absolute atomic E-state index is 4.23. The fourth-order valence-corrected chi connectivity index (χ4v) is 7.19. The minimum absolute atomic E-state index is 1.13. The Balaban J connectivity index is 1.37. The van der Waals surface area contributed by atoms with E-state index in [0.29, 0.717) is 0 Å². The molecule has 40 heavy (non-hydrogen) atoms. The number of allylic oxidation sites excluding steroid dienone is 1. The third kappa shape index (κ3) is 7.16. The molecular weight excluding hydrogens is 482 g/mol. The standard InChI is InChI=1S/C39H51N/c1-4-30(2)16-8-5-11-19-34-28-35(37-22-15-23-38(37)39(34)29-40-26-12-7-13-27-40)25-24-32-20-14-21-36(31(32)3)33-17-9-6-10-18-33/h6,9-10,14,17-18,20-21,28H,2,4-5,7-8,11-13,15-16,19,22-27,29H2,1,3H3. The van der Waals surface area contributed by atoms with Crippen molar-refractivity contribution < 1.29 is 0 Å². The van der Waals surface area contributed by atoms with Crippen LogP contribution < -0.4 is 0 Å². The predicted octanol–water partition coefficient (Wildman–Crippen LogP) is 9.99. The van der Waals surface area contributed by atoms with Gasteiger partial charge in [-0.05, 0) is 147 Å². The number of hydrogen-bond acceptors (Lipinski definition) is 1. The summed E-state index contributed by atoms with van der Waals surface area (Å²) in [5.74, 6) is 0. The van der Waals surface area contributed by atoms with Gasteiger partial charge in [0.25, 0.3) is 0 Å². The molecule has 1 fully saturated rings. The van der Waals surface area contributed by atoms with E-state index in [1.165, 1.54) is 118 Å². The lowest BCUT2D eigenvalue weighted by atomic mass is 9.87. The van der Waals surface area contributed by atoms with E-state index in [1.54, 1.807) is 27.8 Å². The first kappa shape index (κ1) is 28.9. The van der Waals surface area contributed by atoms with E-state index in [4.69, 9.17) is 0 Å². The largest absolute Gasteiger partial charge is 0.299 e. The van der Waals surface area contributed by atoms with Crippen LogP contribution in [0.2, 0.25) is 0 Å². The monoisotopic (exact) mass is 533 g/mol. The average Bonchev–Trinajstić information content (AvgIpc) is 3.49. The lowest BCUT2D eigenvalue weighted by Gasteiger charge is -2.29. The first-order valence-electron chi connectivity index (χ1n) is 16.3. The topological polar surface area (TPSA) is 3.24 Å². The molecule has 2 aliphatic rings. The molecule has 0 bridgehead atoms. The van der Waals surface area contributed by atoms with Gasteiger partial charge in [-0.3, -0.25) is 4.90 Å². The molecule has 3 aromatic rings. The minimum atomic E-state index is 1.13. The summed E-state index contributed by atoms with van der Waals surface area (Å²) in [4.78, 5) is 2.75. The second-order valence-electron chi connectivity index (χ2n) is 12.4. The van der Waals surface area contributed by atoms with E-state index in [-0.39, 0.29) is 0 Å². The lowest BCUT2D eigenvalue weighted by Crippen LogP contribution is -2.30. The second-order valence-corrected chi connectivity index (χ2v) is 12.4. The van der Waals surface area contributed by atoms with Crippen LogP contribution in [0.15, 0.2) is 66.7 Å². The summed E-state index contributed by atoms with van der Waals surface area (Å²) in [7, 11) is 0. The Hall–Kier alpha value is -2.64.